The quantitative estimate of drug-likeness (QED) is 0.178. The molecule has 0 spiro atoms. The molecule has 0 aliphatic carbocycles. The van der Waals surface area contributed by atoms with E-state index in [2.05, 4.69) is 6.92 Å². The number of allylic oxidation sites excluding steroid dienone is 2. The molecule has 0 aliphatic heterocycles. The van der Waals surface area contributed by atoms with Crippen LogP contribution in [0, 0.1) is 17.0 Å². The topological polar surface area (TPSA) is 107 Å². The maximum absolute atomic E-state index is 14.9. The fraction of sp³-hybridized carbons (Fsp3) is 0.548. The molecule has 0 radical (unpaired) electrons. The Labute approximate surface area is 242 Å². The lowest BCUT2D eigenvalue weighted by atomic mass is 9.82. The van der Waals surface area contributed by atoms with Gasteiger partial charge in [0, 0.05) is 50.1 Å². The number of carbonyl (C=O) groups is 2. The molecule has 0 saturated carbocycles. The van der Waals surface area contributed by atoms with E-state index in [1.807, 2.05) is 38.3 Å². The number of hydrogen-bond donors (Lipinski definition) is 2. The van der Waals surface area contributed by atoms with Gasteiger partial charge in [-0.25, -0.2) is 8.78 Å². The fourth-order valence-corrected chi connectivity index (χ4v) is 4.94. The van der Waals surface area contributed by atoms with Crippen LogP contribution in [0.15, 0.2) is 42.1 Å². The number of halogens is 2. The normalized spacial score (nSPS) is 14.5. The van der Waals surface area contributed by atoms with Crippen molar-refractivity contribution in [3.63, 3.8) is 0 Å². The number of benzene rings is 1. The van der Waals surface area contributed by atoms with Gasteiger partial charge in [-0.3, -0.25) is 9.59 Å². The van der Waals surface area contributed by atoms with Gasteiger partial charge in [-0.05, 0) is 49.4 Å². The first kappa shape index (κ1) is 34.1. The van der Waals surface area contributed by atoms with E-state index < -0.39 is 53.9 Å². The average Bonchev–Trinajstić information content (AvgIpc) is 3.31. The summed E-state index contributed by atoms with van der Waals surface area (Å²) in [5.41, 5.74) is 7.97. The molecule has 1 aromatic heterocycles. The van der Waals surface area contributed by atoms with Crippen LogP contribution in [-0.2, 0) is 25.6 Å². The number of rotatable bonds is 14. The SMILES string of the molecule is C/C=C(\CCC)Cn1cc(-c2cc(F)ccc2F)cc1[C@H](N(CC[C@H](N)C(O)OC)C(=O)COC(C)=O)C(C)(C)C. The molecule has 3 atom stereocenters. The van der Waals surface area contributed by atoms with Crippen molar-refractivity contribution in [3.8, 4) is 11.1 Å². The van der Waals surface area contributed by atoms with Gasteiger partial charge in [0.25, 0.3) is 5.91 Å². The Bertz CT molecular complexity index is 1200. The molecule has 8 nitrogen and oxygen atoms in total. The number of hydrogen-bond acceptors (Lipinski definition) is 6. The highest BCUT2D eigenvalue weighted by Gasteiger charge is 2.38. The number of methoxy groups -OCH3 is 1. The monoisotopic (exact) mass is 577 g/mol. The lowest BCUT2D eigenvalue weighted by molar-refractivity contribution is -0.153. The molecule has 228 valence electrons. The molecule has 1 amide bonds. The summed E-state index contributed by atoms with van der Waals surface area (Å²) < 4.78 is 41.1. The molecule has 2 aromatic rings. The Hall–Kier alpha value is -3.08. The van der Waals surface area contributed by atoms with Crippen LogP contribution in [0.5, 0.6) is 0 Å². The summed E-state index contributed by atoms with van der Waals surface area (Å²) in [5.74, 6) is -2.18. The van der Waals surface area contributed by atoms with E-state index in [1.54, 1.807) is 17.2 Å². The van der Waals surface area contributed by atoms with Gasteiger partial charge in [0.2, 0.25) is 0 Å². The van der Waals surface area contributed by atoms with Gasteiger partial charge < -0.3 is 29.8 Å². The summed E-state index contributed by atoms with van der Waals surface area (Å²) >= 11 is 0. The van der Waals surface area contributed by atoms with Gasteiger partial charge in [-0.2, -0.15) is 0 Å². The van der Waals surface area contributed by atoms with Crippen LogP contribution >= 0.6 is 0 Å². The number of nitrogens with zero attached hydrogens (tertiary/aromatic N) is 2. The van der Waals surface area contributed by atoms with E-state index in [-0.39, 0.29) is 18.5 Å². The Kier molecular flexibility index (Phi) is 12.7. The minimum Gasteiger partial charge on any atom is -0.456 e. The highest BCUT2D eigenvalue weighted by atomic mass is 19.1. The van der Waals surface area contributed by atoms with Crippen molar-refractivity contribution in [1.29, 1.82) is 0 Å². The number of aliphatic hydroxyl groups is 1. The van der Waals surface area contributed by atoms with Crippen molar-refractivity contribution in [2.45, 2.75) is 85.7 Å². The van der Waals surface area contributed by atoms with Crippen molar-refractivity contribution in [2.75, 3.05) is 20.3 Å². The highest BCUT2D eigenvalue weighted by molar-refractivity contribution is 5.80. The van der Waals surface area contributed by atoms with Crippen LogP contribution in [-0.4, -0.2) is 59.0 Å². The van der Waals surface area contributed by atoms with Gasteiger partial charge >= 0.3 is 5.97 Å². The predicted octanol–water partition coefficient (Wildman–Crippen LogP) is 5.34. The molecular formula is C31H45F2N3O5. The third kappa shape index (κ3) is 9.48. The van der Waals surface area contributed by atoms with E-state index in [9.17, 15) is 23.5 Å². The number of aliphatic hydroxyl groups excluding tert-OH is 1. The number of carbonyl (C=O) groups excluding carboxylic acids is 2. The molecule has 1 heterocycles. The minimum absolute atomic E-state index is 0.109. The summed E-state index contributed by atoms with van der Waals surface area (Å²) in [5, 5.41) is 10.1. The van der Waals surface area contributed by atoms with Crippen LogP contribution in [0.4, 0.5) is 8.78 Å². The van der Waals surface area contributed by atoms with Gasteiger partial charge in [0.1, 0.15) is 11.6 Å². The molecule has 0 bridgehead atoms. The minimum atomic E-state index is -1.23. The number of aromatic nitrogens is 1. The molecule has 1 aromatic carbocycles. The first-order valence-electron chi connectivity index (χ1n) is 13.9. The lowest BCUT2D eigenvalue weighted by Gasteiger charge is -2.41. The van der Waals surface area contributed by atoms with Gasteiger partial charge in [-0.15, -0.1) is 0 Å². The van der Waals surface area contributed by atoms with Crippen LogP contribution < -0.4 is 5.73 Å². The summed E-state index contributed by atoms with van der Waals surface area (Å²) in [7, 11) is 1.33. The van der Waals surface area contributed by atoms with Crippen molar-refractivity contribution in [2.24, 2.45) is 11.1 Å². The van der Waals surface area contributed by atoms with Crippen molar-refractivity contribution in [3.05, 3.63) is 59.4 Å². The summed E-state index contributed by atoms with van der Waals surface area (Å²) in [6.07, 6.45) is 4.55. The number of nitrogens with two attached hydrogens (primary N) is 1. The standard InChI is InChI=1S/C31H45F2N3O5/c1-8-10-21(9-2)17-35-18-22(24-16-23(32)11-12-25(24)33)15-27(35)29(31(4,5)6)36(28(38)19-41-20(3)37)14-13-26(34)30(39)40-7/h9,11-12,15-16,18,26,29-30,39H,8,10,13-14,17,19,34H2,1-7H3/b21-9+/t26-,29-,30?/m0/s1. The molecular weight excluding hydrogens is 532 g/mol. The third-order valence-electron chi connectivity index (χ3n) is 6.96. The predicted molar refractivity (Wildman–Crippen MR) is 155 cm³/mol. The summed E-state index contributed by atoms with van der Waals surface area (Å²) in [6, 6.07) is 3.72. The van der Waals surface area contributed by atoms with E-state index in [4.69, 9.17) is 15.2 Å². The summed E-state index contributed by atoms with van der Waals surface area (Å²) in [4.78, 5) is 26.7. The maximum Gasteiger partial charge on any atom is 0.303 e. The average molecular weight is 578 g/mol. The van der Waals surface area contributed by atoms with Gasteiger partial charge in [-0.1, -0.05) is 45.8 Å². The molecule has 0 fully saturated rings. The van der Waals surface area contributed by atoms with Gasteiger partial charge in [0.05, 0.1) is 12.1 Å². The van der Waals surface area contributed by atoms with Crippen molar-refractivity contribution < 1.29 is 33.0 Å². The largest absolute Gasteiger partial charge is 0.456 e. The molecule has 10 heteroatoms. The first-order valence-corrected chi connectivity index (χ1v) is 13.9. The maximum atomic E-state index is 14.9. The number of amides is 1. The van der Waals surface area contributed by atoms with E-state index in [0.29, 0.717) is 17.8 Å². The second-order valence-corrected chi connectivity index (χ2v) is 11.3. The highest BCUT2D eigenvalue weighted by Crippen LogP contribution is 2.41. The van der Waals surface area contributed by atoms with Crippen LogP contribution in [0.1, 0.15) is 72.5 Å². The molecule has 3 N–H and O–H groups in total. The van der Waals surface area contributed by atoms with E-state index in [0.717, 1.165) is 36.6 Å². The summed E-state index contributed by atoms with van der Waals surface area (Å²) in [6.45, 7) is 11.3. The Morgan fingerprint density at radius 2 is 1.90 bits per heavy atom. The smallest absolute Gasteiger partial charge is 0.303 e. The Balaban J connectivity index is 2.74. The molecule has 1 unspecified atom stereocenters. The molecule has 0 aliphatic rings. The zero-order chi connectivity index (χ0) is 30.9. The van der Waals surface area contributed by atoms with E-state index >= 15 is 0 Å². The lowest BCUT2D eigenvalue weighted by Crippen LogP contribution is -2.47. The zero-order valence-corrected chi connectivity index (χ0v) is 25.2. The van der Waals surface area contributed by atoms with Crippen molar-refractivity contribution in [1.82, 2.24) is 9.47 Å². The number of esters is 1. The number of ether oxygens (including phenoxy) is 2. The first-order chi connectivity index (χ1) is 19.2. The Morgan fingerprint density at radius 1 is 1.22 bits per heavy atom. The van der Waals surface area contributed by atoms with Crippen molar-refractivity contribution >= 4 is 11.9 Å². The third-order valence-corrected chi connectivity index (χ3v) is 6.96. The Morgan fingerprint density at radius 3 is 2.46 bits per heavy atom. The zero-order valence-electron chi connectivity index (χ0n) is 25.2. The molecule has 41 heavy (non-hydrogen) atoms. The molecule has 0 saturated heterocycles. The molecule has 2 rings (SSSR count). The fourth-order valence-electron chi connectivity index (χ4n) is 4.94. The van der Waals surface area contributed by atoms with Crippen LogP contribution in [0.3, 0.4) is 0 Å². The second kappa shape index (κ2) is 15.2. The second-order valence-electron chi connectivity index (χ2n) is 11.3. The van der Waals surface area contributed by atoms with E-state index in [1.165, 1.54) is 14.0 Å². The van der Waals surface area contributed by atoms with Gasteiger partial charge in [0.15, 0.2) is 12.9 Å². The van der Waals surface area contributed by atoms with Crippen LogP contribution in [0.2, 0.25) is 0 Å². The van der Waals surface area contributed by atoms with Crippen LogP contribution in [0.25, 0.3) is 11.1 Å².